The summed E-state index contributed by atoms with van der Waals surface area (Å²) in [6.07, 6.45) is 5.25. The first-order chi connectivity index (χ1) is 10.1. The molecule has 0 radical (unpaired) electrons. The molecule has 0 saturated heterocycles. The lowest BCUT2D eigenvalue weighted by Gasteiger charge is -2.40. The molecule has 2 rings (SSSR count). The number of ketones is 1. The van der Waals surface area contributed by atoms with E-state index in [1.54, 1.807) is 0 Å². The number of rotatable bonds is 5. The number of hydrogen-bond donors (Lipinski definition) is 0. The fourth-order valence-corrected chi connectivity index (χ4v) is 4.15. The van der Waals surface area contributed by atoms with Gasteiger partial charge in [0.15, 0.2) is 0 Å². The number of hydrogen-bond acceptors (Lipinski definition) is 1. The number of carbonyl (C=O) groups is 1. The summed E-state index contributed by atoms with van der Waals surface area (Å²) in [5.41, 5.74) is 1.14. The van der Waals surface area contributed by atoms with Crippen molar-refractivity contribution < 1.29 is 9.18 Å². The first-order valence-corrected chi connectivity index (χ1v) is 8.34. The summed E-state index contributed by atoms with van der Waals surface area (Å²) in [5.74, 6) is 1.66. The van der Waals surface area contributed by atoms with E-state index in [9.17, 15) is 9.18 Å². The minimum atomic E-state index is -0.203. The first-order valence-electron chi connectivity index (χ1n) is 8.34. The minimum absolute atomic E-state index is 0.105. The van der Waals surface area contributed by atoms with E-state index in [2.05, 4.69) is 13.8 Å². The van der Waals surface area contributed by atoms with E-state index in [0.29, 0.717) is 24.0 Å². The van der Waals surface area contributed by atoms with Crippen LogP contribution in [0, 0.1) is 23.6 Å². The molecule has 0 amide bonds. The summed E-state index contributed by atoms with van der Waals surface area (Å²) in [6, 6.07) is 6.79. The molecule has 0 bridgehead atoms. The van der Waals surface area contributed by atoms with Gasteiger partial charge in [-0.1, -0.05) is 45.7 Å². The Labute approximate surface area is 127 Å². The molecular weight excluding hydrogens is 263 g/mol. The second-order valence-corrected chi connectivity index (χ2v) is 6.61. The van der Waals surface area contributed by atoms with Gasteiger partial charge in [-0.15, -0.1) is 0 Å². The molecule has 116 valence electrons. The second-order valence-electron chi connectivity index (χ2n) is 6.61. The van der Waals surface area contributed by atoms with E-state index in [0.717, 1.165) is 18.4 Å². The zero-order valence-corrected chi connectivity index (χ0v) is 13.4. The highest BCUT2D eigenvalue weighted by atomic mass is 19.1. The van der Waals surface area contributed by atoms with E-state index in [1.165, 1.54) is 25.0 Å². The second kappa shape index (κ2) is 7.20. The molecule has 1 saturated carbocycles. The van der Waals surface area contributed by atoms with Gasteiger partial charge < -0.3 is 0 Å². The number of Topliss-reactive ketones (excluding diaryl/α,β-unsaturated/α-hetero) is 1. The topological polar surface area (TPSA) is 17.1 Å². The molecule has 0 N–H and O–H groups in total. The summed E-state index contributed by atoms with van der Waals surface area (Å²) in [7, 11) is 0. The van der Waals surface area contributed by atoms with Gasteiger partial charge in [-0.25, -0.2) is 4.39 Å². The van der Waals surface area contributed by atoms with Crippen LogP contribution >= 0.6 is 0 Å². The third kappa shape index (κ3) is 3.72. The molecule has 0 heterocycles. The van der Waals surface area contributed by atoms with Crippen LogP contribution in [0.2, 0.25) is 0 Å². The van der Waals surface area contributed by atoms with E-state index in [1.807, 2.05) is 19.1 Å². The van der Waals surface area contributed by atoms with Crippen molar-refractivity contribution in [1.82, 2.24) is 0 Å². The van der Waals surface area contributed by atoms with E-state index in [-0.39, 0.29) is 17.7 Å². The number of carbonyl (C=O) groups excluding carboxylic acids is 1. The first kappa shape index (κ1) is 16.2. The zero-order valence-electron chi connectivity index (χ0n) is 13.4. The lowest BCUT2D eigenvalue weighted by atomic mass is 9.63. The van der Waals surface area contributed by atoms with Crippen LogP contribution in [0.25, 0.3) is 0 Å². The van der Waals surface area contributed by atoms with Crippen molar-refractivity contribution in [2.24, 2.45) is 17.8 Å². The summed E-state index contributed by atoms with van der Waals surface area (Å²) < 4.78 is 13.2. The van der Waals surface area contributed by atoms with Gasteiger partial charge in [-0.3, -0.25) is 4.79 Å². The van der Waals surface area contributed by atoms with Crippen LogP contribution in [0.15, 0.2) is 24.3 Å². The van der Waals surface area contributed by atoms with Crippen LogP contribution in [0.5, 0.6) is 0 Å². The van der Waals surface area contributed by atoms with Crippen LogP contribution in [0.4, 0.5) is 4.39 Å². The van der Waals surface area contributed by atoms with Crippen molar-refractivity contribution >= 4 is 5.78 Å². The Bertz CT molecular complexity index is 465. The average Bonchev–Trinajstić information content (AvgIpc) is 2.47. The molecule has 1 aromatic rings. The third-order valence-corrected chi connectivity index (χ3v) is 5.05. The van der Waals surface area contributed by atoms with Gasteiger partial charge >= 0.3 is 0 Å². The number of halogens is 1. The Morgan fingerprint density at radius 1 is 1.19 bits per heavy atom. The van der Waals surface area contributed by atoms with Gasteiger partial charge in [0.1, 0.15) is 11.6 Å². The van der Waals surface area contributed by atoms with Crippen molar-refractivity contribution in [1.29, 1.82) is 0 Å². The Morgan fingerprint density at radius 2 is 1.86 bits per heavy atom. The van der Waals surface area contributed by atoms with Crippen LogP contribution in [-0.4, -0.2) is 5.78 Å². The van der Waals surface area contributed by atoms with Gasteiger partial charge in [-0.2, -0.15) is 0 Å². The minimum Gasteiger partial charge on any atom is -0.299 e. The van der Waals surface area contributed by atoms with E-state index < -0.39 is 0 Å². The largest absolute Gasteiger partial charge is 0.299 e. The molecule has 0 aliphatic heterocycles. The fraction of sp³-hybridized carbons (Fsp3) is 0.632. The Balaban J connectivity index is 2.29. The van der Waals surface area contributed by atoms with E-state index in [4.69, 9.17) is 0 Å². The van der Waals surface area contributed by atoms with E-state index >= 15 is 0 Å². The normalized spacial score (nSPS) is 29.3. The molecule has 21 heavy (non-hydrogen) atoms. The Morgan fingerprint density at radius 3 is 2.43 bits per heavy atom. The Hall–Kier alpha value is -1.18. The van der Waals surface area contributed by atoms with Crippen molar-refractivity contribution in [3.8, 4) is 0 Å². The lowest BCUT2D eigenvalue weighted by Crippen LogP contribution is -2.35. The average molecular weight is 290 g/mol. The lowest BCUT2D eigenvalue weighted by molar-refractivity contribution is -0.126. The maximum atomic E-state index is 13.2. The van der Waals surface area contributed by atoms with Crippen LogP contribution in [-0.2, 0) is 4.79 Å². The van der Waals surface area contributed by atoms with Crippen molar-refractivity contribution in [3.63, 3.8) is 0 Å². The van der Waals surface area contributed by atoms with Gasteiger partial charge in [0, 0.05) is 12.3 Å². The van der Waals surface area contributed by atoms with Crippen LogP contribution < -0.4 is 0 Å². The van der Waals surface area contributed by atoms with Crippen molar-refractivity contribution in [2.75, 3.05) is 0 Å². The standard InChI is InChI=1S/C19H27FO/c1-4-6-14-11-13(3)19(18(21)5-2)17(12-14)15-7-9-16(20)10-8-15/h7-10,13-14,17,19H,4-6,11-12H2,1-3H3/t13?,14-,17?,19?/m0/s1. The highest BCUT2D eigenvalue weighted by Gasteiger charge is 2.39. The highest BCUT2D eigenvalue weighted by molar-refractivity contribution is 5.82. The number of benzene rings is 1. The van der Waals surface area contributed by atoms with Crippen molar-refractivity contribution in [2.45, 2.75) is 58.8 Å². The third-order valence-electron chi connectivity index (χ3n) is 5.05. The molecule has 1 aliphatic carbocycles. The summed E-state index contributed by atoms with van der Waals surface area (Å²) in [5, 5.41) is 0. The fourth-order valence-electron chi connectivity index (χ4n) is 4.15. The molecule has 4 atom stereocenters. The van der Waals surface area contributed by atoms with Crippen LogP contribution in [0.1, 0.15) is 64.4 Å². The molecule has 2 heteroatoms. The van der Waals surface area contributed by atoms with Crippen LogP contribution in [0.3, 0.4) is 0 Å². The molecule has 1 nitrogen and oxygen atoms in total. The smallest absolute Gasteiger partial charge is 0.136 e. The maximum absolute atomic E-state index is 13.2. The van der Waals surface area contributed by atoms with Gasteiger partial charge in [0.2, 0.25) is 0 Å². The molecule has 1 aliphatic rings. The summed E-state index contributed by atoms with van der Waals surface area (Å²) in [6.45, 7) is 6.40. The molecular formula is C19H27FO. The van der Waals surface area contributed by atoms with Crippen molar-refractivity contribution in [3.05, 3.63) is 35.6 Å². The maximum Gasteiger partial charge on any atom is 0.136 e. The molecule has 1 fully saturated rings. The van der Waals surface area contributed by atoms with Gasteiger partial charge in [-0.05, 0) is 48.3 Å². The zero-order chi connectivity index (χ0) is 15.4. The monoisotopic (exact) mass is 290 g/mol. The molecule has 3 unspecified atom stereocenters. The Kier molecular flexibility index (Phi) is 5.55. The predicted octanol–water partition coefficient (Wildman–Crippen LogP) is 5.35. The van der Waals surface area contributed by atoms with Gasteiger partial charge in [0.05, 0.1) is 0 Å². The van der Waals surface area contributed by atoms with Gasteiger partial charge in [0.25, 0.3) is 0 Å². The SMILES string of the molecule is CCC[C@H]1CC(C)C(C(=O)CC)C(c2ccc(F)cc2)C1. The predicted molar refractivity (Wildman–Crippen MR) is 84.7 cm³/mol. The highest BCUT2D eigenvalue weighted by Crippen LogP contribution is 2.46. The molecule has 1 aromatic carbocycles. The molecule has 0 spiro atoms. The summed E-state index contributed by atoms with van der Waals surface area (Å²) in [4.78, 5) is 12.4. The quantitative estimate of drug-likeness (QED) is 0.714. The molecule has 0 aromatic heterocycles. The summed E-state index contributed by atoms with van der Waals surface area (Å²) >= 11 is 0.